The van der Waals surface area contributed by atoms with Crippen LogP contribution in [0, 0.1) is 46.3 Å². The Hall–Kier alpha value is -0.980. The molecule has 0 aromatic rings. The summed E-state index contributed by atoms with van der Waals surface area (Å²) in [5.74, 6) is -0.790. The predicted molar refractivity (Wildman–Crippen MR) is 213 cm³/mol. The zero-order chi connectivity index (χ0) is 44.8. The Bertz CT molecular complexity index is 1590. The molecule has 8 aliphatic rings. The highest BCUT2D eigenvalue weighted by molar-refractivity contribution is 5.28. The van der Waals surface area contributed by atoms with Gasteiger partial charge in [0, 0.05) is 24.2 Å². The molecule has 26 atom stereocenters. The fourth-order valence-electron chi connectivity index (χ4n) is 13.3. The predicted octanol–water partition coefficient (Wildman–Crippen LogP) is -1.22. The lowest BCUT2D eigenvalue weighted by Gasteiger charge is -2.60. The lowest BCUT2D eigenvalue weighted by atomic mass is 9.46. The first kappa shape index (κ1) is 47.5. The Labute approximate surface area is 362 Å². The molecule has 3 saturated carbocycles. The second kappa shape index (κ2) is 17.9. The van der Waals surface area contributed by atoms with Crippen molar-refractivity contribution in [2.45, 2.75) is 196 Å². The highest BCUT2D eigenvalue weighted by Crippen LogP contribution is 2.70. The summed E-state index contributed by atoms with van der Waals surface area (Å²) < 4.78 is 42.5. The molecule has 356 valence electrons. The third-order valence-corrected chi connectivity index (χ3v) is 17.1. The van der Waals surface area contributed by atoms with Crippen molar-refractivity contribution in [1.82, 2.24) is 0 Å². The van der Waals surface area contributed by atoms with Crippen molar-refractivity contribution in [1.29, 1.82) is 0 Å². The van der Waals surface area contributed by atoms with E-state index in [4.69, 9.17) is 33.2 Å². The maximum absolute atomic E-state index is 12.1. The Kier molecular flexibility index (Phi) is 13.7. The van der Waals surface area contributed by atoms with Crippen LogP contribution in [-0.4, -0.2) is 186 Å². The van der Waals surface area contributed by atoms with Crippen LogP contribution in [0.5, 0.6) is 0 Å². The van der Waals surface area contributed by atoms with Crippen molar-refractivity contribution in [2.75, 3.05) is 19.8 Å². The van der Waals surface area contributed by atoms with Gasteiger partial charge in [0.2, 0.25) is 0 Å². The van der Waals surface area contributed by atoms with Crippen LogP contribution < -0.4 is 0 Å². The molecular weight excluding hydrogens is 816 g/mol. The summed E-state index contributed by atoms with van der Waals surface area (Å²) >= 11 is 0. The summed E-state index contributed by atoms with van der Waals surface area (Å²) in [6, 6.07) is 0. The van der Waals surface area contributed by atoms with Gasteiger partial charge in [-0.2, -0.15) is 0 Å². The molecule has 18 heteroatoms. The van der Waals surface area contributed by atoms with Crippen LogP contribution in [0.15, 0.2) is 11.6 Å². The number of hydrogen-bond donors (Lipinski definition) is 11. The van der Waals surface area contributed by atoms with E-state index in [1.807, 2.05) is 6.92 Å². The highest BCUT2D eigenvalue weighted by atomic mass is 16.8. The largest absolute Gasteiger partial charge is 0.394 e. The standard InChI is InChI=1S/C44H72O18/c1-18(16-56-39-36(53)35(52)33(50)28(15-45)59-39)8-11-44(55)19(2)30-27(62-44)14-25-23-7-6-21-12-22(46)13-29(43(21,5)24(23)9-10-42(25,30)4)60-41-38(32(49)26(47)17-57-41)61-40-37(54)34(51)31(48)20(3)58-40/h6,18-20,22-41,45-55H,7-17H2,1-5H3/t18-,19+,20+,22-,23-,24+,25+,26-,27+,28+,29-,30+,31+,32+,33+,34-,35-,36+,37-,38-,39-,40+,41+,42+,43+,44-/m1/s1. The van der Waals surface area contributed by atoms with Gasteiger partial charge in [0.05, 0.1) is 44.2 Å². The van der Waals surface area contributed by atoms with Crippen molar-refractivity contribution in [3.8, 4) is 0 Å². The molecule has 0 amide bonds. The summed E-state index contributed by atoms with van der Waals surface area (Å²) in [5.41, 5.74) is 0.452. The van der Waals surface area contributed by atoms with E-state index in [2.05, 4.69) is 26.8 Å². The Morgan fingerprint density at radius 1 is 0.823 bits per heavy atom. The van der Waals surface area contributed by atoms with E-state index in [0.29, 0.717) is 25.7 Å². The topological polar surface area (TPSA) is 287 Å². The number of aliphatic hydroxyl groups is 11. The normalized spacial score (nSPS) is 55.7. The van der Waals surface area contributed by atoms with Crippen LogP contribution >= 0.6 is 0 Å². The third kappa shape index (κ3) is 8.06. The van der Waals surface area contributed by atoms with Crippen molar-refractivity contribution in [3.63, 3.8) is 0 Å². The lowest BCUT2D eigenvalue weighted by Crippen LogP contribution is -2.63. The second-order valence-corrected chi connectivity index (χ2v) is 20.7. The van der Waals surface area contributed by atoms with Crippen molar-refractivity contribution in [2.24, 2.45) is 46.3 Å². The minimum Gasteiger partial charge on any atom is -0.394 e. The molecule has 8 rings (SSSR count). The van der Waals surface area contributed by atoms with E-state index < -0.39 is 116 Å². The lowest BCUT2D eigenvalue weighted by molar-refractivity contribution is -0.362. The number of ether oxygens (including phenoxy) is 7. The fourth-order valence-corrected chi connectivity index (χ4v) is 13.3. The summed E-state index contributed by atoms with van der Waals surface area (Å²) in [7, 11) is 0. The molecule has 4 aliphatic carbocycles. The number of aliphatic hydroxyl groups excluding tert-OH is 10. The van der Waals surface area contributed by atoms with E-state index in [9.17, 15) is 56.2 Å². The van der Waals surface area contributed by atoms with Gasteiger partial charge in [0.1, 0.15) is 61.0 Å². The summed E-state index contributed by atoms with van der Waals surface area (Å²) in [6.45, 7) is 9.45. The van der Waals surface area contributed by atoms with Gasteiger partial charge in [-0.3, -0.25) is 0 Å². The first-order chi connectivity index (χ1) is 29.2. The Balaban J connectivity index is 0.935. The number of hydrogen-bond acceptors (Lipinski definition) is 18. The molecule has 0 bridgehead atoms. The maximum atomic E-state index is 12.1. The SMILES string of the molecule is C[C@H](CC[C@@]1(O)O[C@H]2C[C@H]3[C@@H]4CC=C5C[C@@H](O)C[C@@H](O[C@@H]6OC[C@@H](O)[C@H](O)[C@H]6O[C@@H]6O[C@@H](C)[C@H](O)[C@@H](O)[C@H]6O)[C@]5(C)[C@H]4CC[C@]3(C)[C@H]2[C@@H]1C)CO[C@@H]1O[C@@H](CO)[C@H](O)[C@@H](O)[C@@H]1O. The van der Waals surface area contributed by atoms with Crippen molar-refractivity contribution < 1.29 is 89.3 Å². The van der Waals surface area contributed by atoms with E-state index in [1.54, 1.807) is 0 Å². The minimum atomic E-state index is -1.66. The molecule has 0 unspecified atom stereocenters. The number of allylic oxidation sites excluding steroid dienone is 1. The van der Waals surface area contributed by atoms with E-state index in [-0.39, 0.29) is 60.2 Å². The van der Waals surface area contributed by atoms with Gasteiger partial charge in [-0.05, 0) is 80.5 Å². The average molecular weight is 889 g/mol. The van der Waals surface area contributed by atoms with Gasteiger partial charge >= 0.3 is 0 Å². The van der Waals surface area contributed by atoms with Gasteiger partial charge in [0.25, 0.3) is 0 Å². The molecule has 4 aliphatic heterocycles. The second-order valence-electron chi connectivity index (χ2n) is 20.7. The van der Waals surface area contributed by atoms with Crippen LogP contribution in [0.2, 0.25) is 0 Å². The van der Waals surface area contributed by atoms with Crippen LogP contribution in [-0.2, 0) is 33.2 Å². The smallest absolute Gasteiger partial charge is 0.187 e. The van der Waals surface area contributed by atoms with Crippen LogP contribution in [0.1, 0.15) is 86.0 Å². The van der Waals surface area contributed by atoms with Gasteiger partial charge in [-0.25, -0.2) is 0 Å². The van der Waals surface area contributed by atoms with Crippen LogP contribution in [0.4, 0.5) is 0 Å². The molecule has 0 radical (unpaired) electrons. The van der Waals surface area contributed by atoms with Crippen molar-refractivity contribution in [3.05, 3.63) is 11.6 Å². The fraction of sp³-hybridized carbons (Fsp3) is 0.955. The molecule has 4 saturated heterocycles. The van der Waals surface area contributed by atoms with E-state index in [1.165, 1.54) is 6.92 Å². The highest BCUT2D eigenvalue weighted by Gasteiger charge is 2.69. The van der Waals surface area contributed by atoms with Crippen LogP contribution in [0.3, 0.4) is 0 Å². The van der Waals surface area contributed by atoms with E-state index in [0.717, 1.165) is 31.3 Å². The van der Waals surface area contributed by atoms with Crippen LogP contribution in [0.25, 0.3) is 0 Å². The molecule has 11 N–H and O–H groups in total. The Morgan fingerprint density at radius 3 is 2.26 bits per heavy atom. The minimum absolute atomic E-state index is 0.0819. The molecule has 0 spiro atoms. The van der Waals surface area contributed by atoms with Gasteiger partial charge in [-0.15, -0.1) is 0 Å². The summed E-state index contributed by atoms with van der Waals surface area (Å²) in [4.78, 5) is 0. The molecular formula is C44H72O18. The molecule has 62 heavy (non-hydrogen) atoms. The van der Waals surface area contributed by atoms with Crippen molar-refractivity contribution >= 4 is 0 Å². The first-order valence-electron chi connectivity index (χ1n) is 22.9. The summed E-state index contributed by atoms with van der Waals surface area (Å²) in [5, 5.41) is 117. The monoisotopic (exact) mass is 888 g/mol. The quantitative estimate of drug-likeness (QED) is 0.108. The average Bonchev–Trinajstić information content (AvgIpc) is 3.67. The number of rotatable bonds is 11. The maximum Gasteiger partial charge on any atom is 0.187 e. The summed E-state index contributed by atoms with van der Waals surface area (Å²) in [6.07, 6.45) is -13.2. The molecule has 4 heterocycles. The number of fused-ring (bicyclic) bond motifs is 7. The molecule has 0 aromatic heterocycles. The molecule has 18 nitrogen and oxygen atoms in total. The third-order valence-electron chi connectivity index (χ3n) is 17.1. The molecule has 0 aromatic carbocycles. The van der Waals surface area contributed by atoms with Gasteiger partial charge in [-0.1, -0.05) is 39.3 Å². The van der Waals surface area contributed by atoms with Gasteiger partial charge in [0.15, 0.2) is 24.7 Å². The van der Waals surface area contributed by atoms with E-state index >= 15 is 0 Å². The molecule has 7 fully saturated rings. The zero-order valence-corrected chi connectivity index (χ0v) is 36.4. The zero-order valence-electron chi connectivity index (χ0n) is 36.4. The first-order valence-corrected chi connectivity index (χ1v) is 22.9. The van der Waals surface area contributed by atoms with Gasteiger partial charge < -0.3 is 89.3 Å². The Morgan fingerprint density at radius 2 is 1.53 bits per heavy atom.